The van der Waals surface area contributed by atoms with E-state index in [0.29, 0.717) is 0 Å². The Bertz CT molecular complexity index is 440. The zero-order valence-corrected chi connectivity index (χ0v) is 10.7. The predicted molar refractivity (Wildman–Crippen MR) is 56.9 cm³/mol. The number of carboxylic acid groups (broad SMARTS) is 1. The molecule has 1 aliphatic rings. The molecular weight excluding hydrogens is 319 g/mol. The topological polar surface area (TPSA) is 197 Å². The van der Waals surface area contributed by atoms with Crippen molar-refractivity contribution in [1.29, 1.82) is 0 Å². The maximum absolute atomic E-state index is 11.3. The summed E-state index contributed by atoms with van der Waals surface area (Å²) in [5, 5.41) is 44.6. The molecule has 1 fully saturated rings. The summed E-state index contributed by atoms with van der Waals surface area (Å²) in [6, 6.07) is 0. The van der Waals surface area contributed by atoms with Crippen LogP contribution < -0.4 is 0 Å². The van der Waals surface area contributed by atoms with E-state index in [-0.39, 0.29) is 0 Å². The summed E-state index contributed by atoms with van der Waals surface area (Å²) in [6.07, 6.45) is -9.60. The van der Waals surface area contributed by atoms with Crippen LogP contribution in [-0.2, 0) is 32.7 Å². The lowest BCUT2D eigenvalue weighted by molar-refractivity contribution is -0.165. The lowest BCUT2D eigenvalue weighted by atomic mass is 10.2. The van der Waals surface area contributed by atoms with Crippen LogP contribution in [0.3, 0.4) is 0 Å². The molecule has 1 rings (SSSR count). The standard InChI is InChI=1S/C8H9O12P/c9-1(5(13)14)2(10)6(15)18-21-19-7(16)3(11)4(12)8(17)20-21/h1-4,9-12H,(H,13,14). The summed E-state index contributed by atoms with van der Waals surface area (Å²) < 4.78 is 12.6. The molecule has 5 N–H and O–H groups in total. The van der Waals surface area contributed by atoms with Gasteiger partial charge in [0, 0.05) is 0 Å². The highest BCUT2D eigenvalue weighted by atomic mass is 31.2. The molecule has 0 aromatic rings. The number of hydrogen-bond donors (Lipinski definition) is 5. The van der Waals surface area contributed by atoms with Gasteiger partial charge in [-0.15, -0.1) is 0 Å². The van der Waals surface area contributed by atoms with Crippen LogP contribution in [0.1, 0.15) is 0 Å². The highest BCUT2D eigenvalue weighted by Crippen LogP contribution is 2.43. The van der Waals surface area contributed by atoms with Gasteiger partial charge in [0.05, 0.1) is 0 Å². The Morgan fingerprint density at radius 2 is 1.48 bits per heavy atom. The molecule has 0 aromatic heterocycles. The molecule has 0 saturated carbocycles. The number of carbonyl (C=O) groups excluding carboxylic acids is 3. The van der Waals surface area contributed by atoms with Crippen molar-refractivity contribution >= 4 is 32.5 Å². The van der Waals surface area contributed by atoms with E-state index in [1.54, 1.807) is 0 Å². The second-order valence-corrected chi connectivity index (χ2v) is 4.57. The summed E-state index contributed by atoms with van der Waals surface area (Å²) in [5.41, 5.74) is 0. The van der Waals surface area contributed by atoms with Gasteiger partial charge in [0.2, 0.25) is 0 Å². The van der Waals surface area contributed by atoms with E-state index in [2.05, 4.69) is 13.6 Å². The number of aliphatic carboxylic acids is 1. The number of rotatable bonds is 4. The lowest BCUT2D eigenvalue weighted by Crippen LogP contribution is -2.40. The Morgan fingerprint density at radius 3 is 1.86 bits per heavy atom. The van der Waals surface area contributed by atoms with Crippen molar-refractivity contribution in [2.75, 3.05) is 0 Å². The zero-order chi connectivity index (χ0) is 16.3. The van der Waals surface area contributed by atoms with Gasteiger partial charge in [0.15, 0.2) is 24.4 Å². The van der Waals surface area contributed by atoms with Gasteiger partial charge >= 0.3 is 32.5 Å². The van der Waals surface area contributed by atoms with Gasteiger partial charge in [-0.05, 0) is 0 Å². The van der Waals surface area contributed by atoms with Crippen LogP contribution >= 0.6 is 8.60 Å². The molecule has 0 amide bonds. The largest absolute Gasteiger partial charge is 0.537 e. The minimum Gasteiger partial charge on any atom is -0.479 e. The first kappa shape index (κ1) is 17.2. The summed E-state index contributed by atoms with van der Waals surface area (Å²) in [5.74, 6) is -6.78. The normalized spacial score (nSPS) is 28.7. The number of carboxylic acids is 1. The SMILES string of the molecule is O=C(O)C(O)C(O)C(=O)OP1OC(=O)C(O)C(O)C(=O)O1. The Hall–Kier alpha value is -1.85. The highest BCUT2D eigenvalue weighted by molar-refractivity contribution is 7.43. The summed E-state index contributed by atoms with van der Waals surface area (Å²) in [6.45, 7) is 0. The van der Waals surface area contributed by atoms with Crippen LogP contribution in [0.5, 0.6) is 0 Å². The van der Waals surface area contributed by atoms with Crippen LogP contribution in [0, 0.1) is 0 Å². The lowest BCUT2D eigenvalue weighted by Gasteiger charge is -2.15. The van der Waals surface area contributed by atoms with Gasteiger partial charge in [-0.3, -0.25) is 0 Å². The molecule has 0 radical (unpaired) electrons. The van der Waals surface area contributed by atoms with E-state index in [9.17, 15) is 19.2 Å². The zero-order valence-electron chi connectivity index (χ0n) is 9.85. The minimum absolute atomic E-state index is 1.54. The molecule has 118 valence electrons. The average Bonchev–Trinajstić information content (AvgIpc) is 2.50. The molecule has 1 aliphatic heterocycles. The van der Waals surface area contributed by atoms with Crippen molar-refractivity contribution in [2.45, 2.75) is 24.4 Å². The van der Waals surface area contributed by atoms with Crippen LogP contribution in [0.15, 0.2) is 0 Å². The van der Waals surface area contributed by atoms with Gasteiger partial charge < -0.3 is 39.1 Å². The number of aliphatic hydroxyl groups is 4. The van der Waals surface area contributed by atoms with Gasteiger partial charge in [0.1, 0.15) is 0 Å². The molecule has 0 spiro atoms. The molecule has 4 unspecified atom stereocenters. The van der Waals surface area contributed by atoms with E-state index in [0.717, 1.165) is 0 Å². The van der Waals surface area contributed by atoms with Gasteiger partial charge in [-0.1, -0.05) is 0 Å². The summed E-state index contributed by atoms with van der Waals surface area (Å²) >= 11 is 0. The smallest absolute Gasteiger partial charge is 0.479 e. The molecule has 0 aliphatic carbocycles. The molecule has 12 nitrogen and oxygen atoms in total. The molecule has 1 heterocycles. The fourth-order valence-corrected chi connectivity index (χ4v) is 1.84. The van der Waals surface area contributed by atoms with Gasteiger partial charge in [-0.25, -0.2) is 19.2 Å². The van der Waals surface area contributed by atoms with Crippen LogP contribution in [-0.4, -0.2) is 73.8 Å². The van der Waals surface area contributed by atoms with E-state index in [1.807, 2.05) is 0 Å². The molecule has 0 bridgehead atoms. The van der Waals surface area contributed by atoms with E-state index < -0.39 is 56.9 Å². The fraction of sp³-hybridized carbons (Fsp3) is 0.500. The second kappa shape index (κ2) is 6.74. The molecule has 0 aromatic carbocycles. The van der Waals surface area contributed by atoms with Crippen molar-refractivity contribution in [3.05, 3.63) is 0 Å². The Balaban J connectivity index is 2.74. The minimum atomic E-state index is -3.08. The Kier molecular flexibility index (Phi) is 5.52. The summed E-state index contributed by atoms with van der Waals surface area (Å²) in [4.78, 5) is 43.8. The highest BCUT2D eigenvalue weighted by Gasteiger charge is 2.44. The molecule has 13 heteroatoms. The third kappa shape index (κ3) is 4.06. The number of carbonyl (C=O) groups is 4. The summed E-state index contributed by atoms with van der Waals surface area (Å²) in [7, 11) is -3.08. The average molecular weight is 328 g/mol. The van der Waals surface area contributed by atoms with E-state index in [1.165, 1.54) is 0 Å². The Labute approximate surface area is 116 Å². The molecule has 1 saturated heterocycles. The number of aliphatic hydroxyl groups excluding tert-OH is 4. The third-order valence-electron chi connectivity index (χ3n) is 2.07. The van der Waals surface area contributed by atoms with Crippen molar-refractivity contribution in [2.24, 2.45) is 0 Å². The van der Waals surface area contributed by atoms with Gasteiger partial charge in [0.25, 0.3) is 0 Å². The maximum Gasteiger partial charge on any atom is 0.537 e. The predicted octanol–water partition coefficient (Wildman–Crippen LogP) is -3.62. The second-order valence-electron chi connectivity index (χ2n) is 3.57. The van der Waals surface area contributed by atoms with Gasteiger partial charge in [-0.2, -0.15) is 0 Å². The van der Waals surface area contributed by atoms with E-state index in [4.69, 9.17) is 25.5 Å². The maximum atomic E-state index is 11.3. The molecular formula is C8H9O12P. The van der Waals surface area contributed by atoms with Crippen molar-refractivity contribution in [3.63, 3.8) is 0 Å². The van der Waals surface area contributed by atoms with E-state index >= 15 is 0 Å². The Morgan fingerprint density at radius 1 is 1.05 bits per heavy atom. The number of hydrogen-bond acceptors (Lipinski definition) is 11. The molecule has 21 heavy (non-hydrogen) atoms. The van der Waals surface area contributed by atoms with Crippen LogP contribution in [0.25, 0.3) is 0 Å². The van der Waals surface area contributed by atoms with Crippen LogP contribution in [0.4, 0.5) is 0 Å². The first-order valence-electron chi connectivity index (χ1n) is 5.05. The quantitative estimate of drug-likeness (QED) is 0.318. The molecule has 4 atom stereocenters. The third-order valence-corrected chi connectivity index (χ3v) is 3.06. The first-order valence-corrected chi connectivity index (χ1v) is 6.15. The van der Waals surface area contributed by atoms with Crippen LogP contribution in [0.2, 0.25) is 0 Å². The van der Waals surface area contributed by atoms with Crippen molar-refractivity contribution in [1.82, 2.24) is 0 Å². The van der Waals surface area contributed by atoms with Crippen molar-refractivity contribution < 1.29 is 58.3 Å². The van der Waals surface area contributed by atoms with Crippen molar-refractivity contribution in [3.8, 4) is 0 Å². The monoisotopic (exact) mass is 328 g/mol. The first-order chi connectivity index (χ1) is 9.65. The fourth-order valence-electron chi connectivity index (χ4n) is 0.960.